The molecule has 11 nitrogen and oxygen atoms in total. The van der Waals surface area contributed by atoms with Gasteiger partial charge in [0.05, 0.1) is 20.8 Å². The van der Waals surface area contributed by atoms with Crippen LogP contribution in [-0.2, 0) is 4.74 Å². The highest BCUT2D eigenvalue weighted by Gasteiger charge is 2.45. The minimum absolute atomic E-state index is 0.0725. The smallest absolute Gasteiger partial charge is 0.229 e. The summed E-state index contributed by atoms with van der Waals surface area (Å²) in [7, 11) is 2.73. The van der Waals surface area contributed by atoms with Crippen LogP contribution in [0.3, 0.4) is 0 Å². The van der Waals surface area contributed by atoms with Crippen LogP contribution >= 0.6 is 0 Å². The van der Waals surface area contributed by atoms with E-state index in [1.165, 1.54) is 38.5 Å². The van der Waals surface area contributed by atoms with Gasteiger partial charge < -0.3 is 48.9 Å². The van der Waals surface area contributed by atoms with E-state index in [1.54, 1.807) is 0 Å². The summed E-state index contributed by atoms with van der Waals surface area (Å²) < 4.78 is 27.2. The maximum absolute atomic E-state index is 13.3. The maximum atomic E-state index is 13.3. The summed E-state index contributed by atoms with van der Waals surface area (Å²) in [5.74, 6) is -0.199. The average Bonchev–Trinajstić information content (AvgIpc) is 2.78. The number of aliphatic hydroxyl groups is 4. The van der Waals surface area contributed by atoms with Gasteiger partial charge in [-0.15, -0.1) is 0 Å². The van der Waals surface area contributed by atoms with Gasteiger partial charge in [-0.05, 0) is 12.1 Å². The Hall–Kier alpha value is -3.09. The van der Waals surface area contributed by atoms with Crippen molar-refractivity contribution < 1.29 is 48.9 Å². The van der Waals surface area contributed by atoms with Crippen LogP contribution in [0.5, 0.6) is 23.0 Å². The van der Waals surface area contributed by atoms with Gasteiger partial charge in [0.15, 0.2) is 11.5 Å². The van der Waals surface area contributed by atoms with E-state index in [0.717, 1.165) is 0 Å². The highest BCUT2D eigenvalue weighted by atomic mass is 16.7. The third-order valence-electron chi connectivity index (χ3n) is 5.35. The number of ether oxygens (including phenoxy) is 4. The van der Waals surface area contributed by atoms with E-state index < -0.39 is 42.7 Å². The fraction of sp³-hybridized carbons (Fsp3) is 0.381. The molecule has 3 aromatic rings. The Labute approximate surface area is 180 Å². The molecule has 1 fully saturated rings. The quantitative estimate of drug-likeness (QED) is 0.328. The zero-order valence-electron chi connectivity index (χ0n) is 17.1. The Kier molecular flexibility index (Phi) is 5.84. The lowest BCUT2D eigenvalue weighted by atomic mass is 9.99. The second-order valence-electron chi connectivity index (χ2n) is 7.24. The number of benzene rings is 2. The van der Waals surface area contributed by atoms with E-state index >= 15 is 0 Å². The predicted octanol–water partition coefficient (Wildman–Crippen LogP) is -0.152. The number of fused-ring (bicyclic) bond motifs is 2. The Bertz CT molecular complexity index is 1200. The van der Waals surface area contributed by atoms with Crippen molar-refractivity contribution in [1.82, 2.24) is 0 Å². The number of methoxy groups -OCH3 is 2. The Morgan fingerprint density at radius 2 is 1.72 bits per heavy atom. The molecule has 5 atom stereocenters. The SMILES string of the molecule is COc1cc(O)c2c(=O)c3c(O[C@@H]4O[C@H](CO)[C@@H](O)[C@H](O)[C@H]4O)c(OC)ccc3oc2c1. The zero-order chi connectivity index (χ0) is 23.2. The molecule has 32 heavy (non-hydrogen) atoms. The summed E-state index contributed by atoms with van der Waals surface area (Å²) in [4.78, 5) is 13.3. The number of hydrogen-bond acceptors (Lipinski definition) is 11. The second kappa shape index (κ2) is 8.45. The zero-order valence-corrected chi connectivity index (χ0v) is 17.1. The number of phenols is 1. The average molecular weight is 450 g/mol. The van der Waals surface area contributed by atoms with Gasteiger partial charge in [-0.2, -0.15) is 0 Å². The standard InChI is InChI=1S/C21H22O11/c1-28-8-5-9(23)14-12(6-8)30-10-3-4-11(29-2)20(15(10)17(14)25)32-21-19(27)18(26)16(24)13(7-22)31-21/h3-6,13,16,18-19,21-24,26-27H,7H2,1-2H3/t13-,16-,18+,19-,21+/m1/s1. The Morgan fingerprint density at radius 1 is 0.969 bits per heavy atom. The lowest BCUT2D eigenvalue weighted by molar-refractivity contribution is -0.277. The molecule has 0 aliphatic carbocycles. The molecule has 2 heterocycles. The summed E-state index contributed by atoms with van der Waals surface area (Å²) in [6.07, 6.45) is -7.75. The summed E-state index contributed by atoms with van der Waals surface area (Å²) in [6, 6.07) is 5.61. The molecule has 2 aromatic carbocycles. The highest BCUT2D eigenvalue weighted by Crippen LogP contribution is 2.39. The summed E-state index contributed by atoms with van der Waals surface area (Å²) >= 11 is 0. The van der Waals surface area contributed by atoms with Gasteiger partial charge in [0.25, 0.3) is 0 Å². The van der Waals surface area contributed by atoms with Gasteiger partial charge in [0, 0.05) is 12.1 Å². The molecule has 1 aromatic heterocycles. The topological polar surface area (TPSA) is 168 Å². The first kappa shape index (κ1) is 22.1. The fourth-order valence-electron chi connectivity index (χ4n) is 3.65. The molecule has 0 spiro atoms. The number of aliphatic hydroxyl groups excluding tert-OH is 4. The van der Waals surface area contributed by atoms with Crippen LogP contribution in [0.4, 0.5) is 0 Å². The Morgan fingerprint density at radius 3 is 2.38 bits per heavy atom. The normalized spacial score (nSPS) is 25.8. The van der Waals surface area contributed by atoms with Gasteiger partial charge in [0.2, 0.25) is 11.7 Å². The van der Waals surface area contributed by atoms with Crippen molar-refractivity contribution in [2.24, 2.45) is 0 Å². The summed E-state index contributed by atoms with van der Waals surface area (Å²) in [5.41, 5.74) is -0.501. The largest absolute Gasteiger partial charge is 0.507 e. The molecule has 1 aliphatic rings. The lowest BCUT2D eigenvalue weighted by Crippen LogP contribution is -2.60. The number of aromatic hydroxyl groups is 1. The molecule has 11 heteroatoms. The van der Waals surface area contributed by atoms with Crippen molar-refractivity contribution in [3.05, 3.63) is 34.5 Å². The third-order valence-corrected chi connectivity index (χ3v) is 5.35. The van der Waals surface area contributed by atoms with E-state index in [-0.39, 0.29) is 44.9 Å². The van der Waals surface area contributed by atoms with Gasteiger partial charge in [-0.1, -0.05) is 0 Å². The molecule has 0 amide bonds. The second-order valence-corrected chi connectivity index (χ2v) is 7.24. The third kappa shape index (κ3) is 3.49. The van der Waals surface area contributed by atoms with E-state index in [0.29, 0.717) is 0 Å². The van der Waals surface area contributed by atoms with Crippen molar-refractivity contribution in [3.63, 3.8) is 0 Å². The fourth-order valence-corrected chi connectivity index (χ4v) is 3.65. The van der Waals surface area contributed by atoms with Crippen LogP contribution in [0.15, 0.2) is 33.5 Å². The molecule has 5 N–H and O–H groups in total. The Balaban J connectivity index is 1.90. The maximum Gasteiger partial charge on any atom is 0.229 e. The molecule has 0 bridgehead atoms. The van der Waals surface area contributed by atoms with Crippen LogP contribution in [-0.4, -0.2) is 77.1 Å². The van der Waals surface area contributed by atoms with Gasteiger partial charge in [-0.3, -0.25) is 4.79 Å². The first-order valence-electron chi connectivity index (χ1n) is 9.62. The minimum atomic E-state index is -1.71. The minimum Gasteiger partial charge on any atom is -0.507 e. The molecule has 0 radical (unpaired) electrons. The van der Waals surface area contributed by atoms with Crippen LogP contribution < -0.4 is 19.6 Å². The van der Waals surface area contributed by atoms with Crippen molar-refractivity contribution in [3.8, 4) is 23.0 Å². The van der Waals surface area contributed by atoms with Gasteiger partial charge in [0.1, 0.15) is 57.9 Å². The monoisotopic (exact) mass is 450 g/mol. The number of rotatable bonds is 5. The predicted molar refractivity (Wildman–Crippen MR) is 109 cm³/mol. The van der Waals surface area contributed by atoms with E-state index in [9.17, 15) is 30.3 Å². The molecule has 1 aliphatic heterocycles. The van der Waals surface area contributed by atoms with Gasteiger partial charge in [-0.25, -0.2) is 0 Å². The van der Waals surface area contributed by atoms with E-state index in [2.05, 4.69) is 0 Å². The van der Waals surface area contributed by atoms with Crippen molar-refractivity contribution >= 4 is 21.9 Å². The summed E-state index contributed by atoms with van der Waals surface area (Å²) in [5, 5.41) is 49.9. The molecule has 0 saturated carbocycles. The van der Waals surface area contributed by atoms with E-state index in [1.807, 2.05) is 0 Å². The number of hydrogen-bond donors (Lipinski definition) is 5. The van der Waals surface area contributed by atoms with E-state index in [4.69, 9.17) is 23.4 Å². The molecule has 0 unspecified atom stereocenters. The van der Waals surface area contributed by atoms with Crippen molar-refractivity contribution in [1.29, 1.82) is 0 Å². The molecule has 1 saturated heterocycles. The van der Waals surface area contributed by atoms with Gasteiger partial charge >= 0.3 is 0 Å². The van der Waals surface area contributed by atoms with Crippen molar-refractivity contribution in [2.75, 3.05) is 20.8 Å². The first-order chi connectivity index (χ1) is 15.3. The highest BCUT2D eigenvalue weighted by molar-refractivity contribution is 5.97. The summed E-state index contributed by atoms with van der Waals surface area (Å²) in [6.45, 7) is -0.653. The van der Waals surface area contributed by atoms with Crippen LogP contribution in [0.25, 0.3) is 21.9 Å². The molecule has 4 rings (SSSR count). The van der Waals surface area contributed by atoms with Crippen LogP contribution in [0.2, 0.25) is 0 Å². The molecule has 172 valence electrons. The molecular formula is C21H22O11. The van der Waals surface area contributed by atoms with Crippen LogP contribution in [0.1, 0.15) is 0 Å². The molecular weight excluding hydrogens is 428 g/mol. The first-order valence-corrected chi connectivity index (χ1v) is 9.62. The van der Waals surface area contributed by atoms with Crippen molar-refractivity contribution in [2.45, 2.75) is 30.7 Å². The van der Waals surface area contributed by atoms with Crippen LogP contribution in [0, 0.1) is 0 Å². The lowest BCUT2D eigenvalue weighted by Gasteiger charge is -2.39. The number of phenolic OH excluding ortho intramolecular Hbond substituents is 1.